The molecule has 0 spiro atoms. The van der Waals surface area contributed by atoms with Gasteiger partial charge in [-0.2, -0.15) is 0 Å². The highest BCUT2D eigenvalue weighted by Gasteiger charge is 2.12. The van der Waals surface area contributed by atoms with E-state index in [2.05, 4.69) is 12.2 Å². The van der Waals surface area contributed by atoms with Crippen molar-refractivity contribution in [3.63, 3.8) is 0 Å². The van der Waals surface area contributed by atoms with Crippen LogP contribution in [0.15, 0.2) is 18.2 Å². The zero-order chi connectivity index (χ0) is 12.8. The second-order valence-electron chi connectivity index (χ2n) is 4.24. The lowest BCUT2D eigenvalue weighted by molar-refractivity contribution is -0.117. The second-order valence-corrected chi connectivity index (χ2v) is 4.24. The van der Waals surface area contributed by atoms with Crippen LogP contribution in [0.4, 0.5) is 5.69 Å². The van der Waals surface area contributed by atoms with Crippen LogP contribution in [0.2, 0.25) is 0 Å². The molecule has 0 fully saturated rings. The number of hydrogen-bond donors (Lipinski definition) is 3. The van der Waals surface area contributed by atoms with E-state index in [1.165, 1.54) is 0 Å². The van der Waals surface area contributed by atoms with Crippen molar-refractivity contribution in [3.05, 3.63) is 23.8 Å². The molecule has 1 rings (SSSR count). The van der Waals surface area contributed by atoms with Crippen LogP contribution in [0, 0.1) is 6.92 Å². The summed E-state index contributed by atoms with van der Waals surface area (Å²) in [6, 6.07) is 4.47. The van der Waals surface area contributed by atoms with E-state index in [-0.39, 0.29) is 11.7 Å². The third-order valence-electron chi connectivity index (χ3n) is 2.67. The number of carbonyl (C=O) groups is 1. The van der Waals surface area contributed by atoms with Gasteiger partial charge in [-0.3, -0.25) is 4.79 Å². The van der Waals surface area contributed by atoms with E-state index in [0.717, 1.165) is 18.4 Å². The maximum absolute atomic E-state index is 11.7. The summed E-state index contributed by atoms with van der Waals surface area (Å²) in [6.07, 6.45) is 2.67. The van der Waals surface area contributed by atoms with Gasteiger partial charge >= 0.3 is 0 Å². The third kappa shape index (κ3) is 4.07. The highest BCUT2D eigenvalue weighted by Crippen LogP contribution is 2.20. The Kier molecular flexibility index (Phi) is 4.97. The number of phenolic OH excluding ortho intramolecular Hbond substituents is 1. The monoisotopic (exact) mass is 236 g/mol. The number of aryl methyl sites for hydroxylation is 1. The van der Waals surface area contributed by atoms with Crippen LogP contribution in [0.3, 0.4) is 0 Å². The van der Waals surface area contributed by atoms with Crippen LogP contribution in [-0.2, 0) is 4.79 Å². The molecule has 0 aliphatic carbocycles. The van der Waals surface area contributed by atoms with Crippen molar-refractivity contribution in [1.29, 1.82) is 0 Å². The maximum atomic E-state index is 11.7. The minimum atomic E-state index is -0.468. The first kappa shape index (κ1) is 13.5. The molecule has 1 atom stereocenters. The summed E-state index contributed by atoms with van der Waals surface area (Å²) in [7, 11) is 0. The van der Waals surface area contributed by atoms with Gasteiger partial charge in [0, 0.05) is 5.69 Å². The van der Waals surface area contributed by atoms with Gasteiger partial charge < -0.3 is 16.2 Å². The Labute approximate surface area is 102 Å². The van der Waals surface area contributed by atoms with Crippen LogP contribution in [-0.4, -0.2) is 17.1 Å². The molecule has 0 bridgehead atoms. The van der Waals surface area contributed by atoms with Gasteiger partial charge in [0.2, 0.25) is 5.91 Å². The first-order chi connectivity index (χ1) is 8.04. The van der Waals surface area contributed by atoms with Crippen LogP contribution >= 0.6 is 0 Å². The van der Waals surface area contributed by atoms with Gasteiger partial charge in [-0.05, 0) is 37.1 Å². The standard InChI is InChI=1S/C13H20N2O2/c1-3-4-5-11(14)13(17)15-10-6-7-12(16)9(2)8-10/h6-8,11,16H,3-5,14H2,1-2H3,(H,15,17). The molecule has 0 heterocycles. The van der Waals surface area contributed by atoms with Crippen molar-refractivity contribution in [2.24, 2.45) is 5.73 Å². The number of aromatic hydroxyl groups is 1. The SMILES string of the molecule is CCCCC(N)C(=O)Nc1ccc(O)c(C)c1. The average Bonchev–Trinajstić information content (AvgIpc) is 2.30. The molecule has 1 aromatic rings. The topological polar surface area (TPSA) is 75.4 Å². The Morgan fingerprint density at radius 2 is 2.24 bits per heavy atom. The smallest absolute Gasteiger partial charge is 0.241 e. The number of benzene rings is 1. The van der Waals surface area contributed by atoms with Crippen molar-refractivity contribution in [1.82, 2.24) is 0 Å². The Hall–Kier alpha value is -1.55. The van der Waals surface area contributed by atoms with Gasteiger partial charge in [0.15, 0.2) is 0 Å². The molecule has 0 saturated carbocycles. The van der Waals surface area contributed by atoms with E-state index in [1.54, 1.807) is 25.1 Å². The lowest BCUT2D eigenvalue weighted by Gasteiger charge is -2.12. The molecule has 4 N–H and O–H groups in total. The predicted octanol–water partition coefficient (Wildman–Crippen LogP) is 2.16. The summed E-state index contributed by atoms with van der Waals surface area (Å²) in [5.74, 6) is 0.0434. The quantitative estimate of drug-likeness (QED) is 0.686. The number of anilines is 1. The summed E-state index contributed by atoms with van der Waals surface area (Å²) >= 11 is 0. The summed E-state index contributed by atoms with van der Waals surface area (Å²) in [6.45, 7) is 3.84. The van der Waals surface area contributed by atoms with Gasteiger partial charge in [-0.25, -0.2) is 0 Å². The minimum Gasteiger partial charge on any atom is -0.508 e. The summed E-state index contributed by atoms with van der Waals surface area (Å²) in [5, 5.41) is 12.1. The molecule has 1 amide bonds. The van der Waals surface area contributed by atoms with Crippen molar-refractivity contribution in [2.45, 2.75) is 39.2 Å². The summed E-state index contributed by atoms with van der Waals surface area (Å²) in [5.41, 5.74) is 7.15. The number of hydrogen-bond acceptors (Lipinski definition) is 3. The van der Waals surface area contributed by atoms with Crippen molar-refractivity contribution >= 4 is 11.6 Å². The number of amides is 1. The number of rotatable bonds is 5. The van der Waals surface area contributed by atoms with Gasteiger partial charge in [-0.1, -0.05) is 19.8 Å². The van der Waals surface area contributed by atoms with E-state index in [1.807, 2.05) is 0 Å². The molecule has 0 aromatic heterocycles. The number of nitrogens with two attached hydrogens (primary N) is 1. The summed E-state index contributed by atoms with van der Waals surface area (Å²) < 4.78 is 0. The number of phenols is 1. The van der Waals surface area contributed by atoms with Crippen LogP contribution in [0.5, 0.6) is 5.75 Å². The Bertz CT molecular complexity index is 391. The van der Waals surface area contributed by atoms with Gasteiger partial charge in [0.25, 0.3) is 0 Å². The fourth-order valence-corrected chi connectivity index (χ4v) is 1.52. The van der Waals surface area contributed by atoms with Crippen LogP contribution in [0.25, 0.3) is 0 Å². The van der Waals surface area contributed by atoms with Crippen molar-refractivity contribution in [2.75, 3.05) is 5.32 Å². The number of unbranched alkanes of at least 4 members (excludes halogenated alkanes) is 1. The van der Waals surface area contributed by atoms with Gasteiger partial charge in [-0.15, -0.1) is 0 Å². The lowest BCUT2D eigenvalue weighted by atomic mass is 10.1. The fraction of sp³-hybridized carbons (Fsp3) is 0.462. The molecule has 1 aromatic carbocycles. The second kappa shape index (κ2) is 6.25. The number of carbonyl (C=O) groups excluding carboxylic acids is 1. The molecule has 0 aliphatic rings. The zero-order valence-electron chi connectivity index (χ0n) is 10.4. The van der Waals surface area contributed by atoms with Crippen LogP contribution < -0.4 is 11.1 Å². The molecule has 1 unspecified atom stereocenters. The van der Waals surface area contributed by atoms with Crippen molar-refractivity contribution < 1.29 is 9.90 Å². The molecule has 94 valence electrons. The minimum absolute atomic E-state index is 0.177. The highest BCUT2D eigenvalue weighted by molar-refractivity contribution is 5.94. The normalized spacial score (nSPS) is 12.2. The molecule has 0 aliphatic heterocycles. The lowest BCUT2D eigenvalue weighted by Crippen LogP contribution is -2.35. The first-order valence-corrected chi connectivity index (χ1v) is 5.90. The third-order valence-corrected chi connectivity index (χ3v) is 2.67. The summed E-state index contributed by atoms with van der Waals surface area (Å²) in [4.78, 5) is 11.7. The molecule has 4 heteroatoms. The van der Waals surface area contributed by atoms with E-state index in [4.69, 9.17) is 5.73 Å². The largest absolute Gasteiger partial charge is 0.508 e. The Balaban J connectivity index is 2.58. The van der Waals surface area contributed by atoms with E-state index in [0.29, 0.717) is 12.1 Å². The first-order valence-electron chi connectivity index (χ1n) is 5.90. The molecular weight excluding hydrogens is 216 g/mol. The van der Waals surface area contributed by atoms with E-state index < -0.39 is 6.04 Å². The molecular formula is C13H20N2O2. The van der Waals surface area contributed by atoms with E-state index >= 15 is 0 Å². The van der Waals surface area contributed by atoms with Crippen molar-refractivity contribution in [3.8, 4) is 5.75 Å². The van der Waals surface area contributed by atoms with Gasteiger partial charge in [0.1, 0.15) is 5.75 Å². The highest BCUT2D eigenvalue weighted by atomic mass is 16.3. The Morgan fingerprint density at radius 3 is 2.82 bits per heavy atom. The molecule has 0 saturated heterocycles. The molecule has 0 radical (unpaired) electrons. The molecule has 17 heavy (non-hydrogen) atoms. The zero-order valence-corrected chi connectivity index (χ0v) is 10.4. The maximum Gasteiger partial charge on any atom is 0.241 e. The average molecular weight is 236 g/mol. The number of nitrogens with one attached hydrogen (secondary N) is 1. The van der Waals surface area contributed by atoms with Gasteiger partial charge in [0.05, 0.1) is 6.04 Å². The Morgan fingerprint density at radius 1 is 1.53 bits per heavy atom. The fourth-order valence-electron chi connectivity index (χ4n) is 1.52. The predicted molar refractivity (Wildman–Crippen MR) is 69.0 cm³/mol. The van der Waals surface area contributed by atoms with E-state index in [9.17, 15) is 9.90 Å². The molecule has 4 nitrogen and oxygen atoms in total. The van der Waals surface area contributed by atoms with Crippen LogP contribution in [0.1, 0.15) is 31.7 Å².